The van der Waals surface area contributed by atoms with Crippen LogP contribution in [0.5, 0.6) is 0 Å². The van der Waals surface area contributed by atoms with Gasteiger partial charge in [0.25, 0.3) is 5.91 Å². The van der Waals surface area contributed by atoms with Crippen LogP contribution in [-0.2, 0) is 0 Å². The van der Waals surface area contributed by atoms with E-state index in [0.29, 0.717) is 22.0 Å². The molecule has 0 unspecified atom stereocenters. The standard InChI is InChI=1S/C17H11BrFNO/c18-11-5-7-12(8-6-11)20-17(21)15-9-10-16(19)14-4-2-1-3-13(14)15/h1-10H,(H,20,21). The number of hydrogen-bond donors (Lipinski definition) is 1. The van der Waals surface area contributed by atoms with Gasteiger partial charge < -0.3 is 5.32 Å². The summed E-state index contributed by atoms with van der Waals surface area (Å²) in [7, 11) is 0. The molecule has 0 fully saturated rings. The summed E-state index contributed by atoms with van der Waals surface area (Å²) in [6.45, 7) is 0. The molecule has 0 saturated carbocycles. The van der Waals surface area contributed by atoms with Crippen LogP contribution >= 0.6 is 15.9 Å². The molecule has 0 spiro atoms. The van der Waals surface area contributed by atoms with Crippen molar-refractivity contribution in [3.05, 3.63) is 76.5 Å². The predicted molar refractivity (Wildman–Crippen MR) is 86.0 cm³/mol. The largest absolute Gasteiger partial charge is 0.322 e. The molecule has 21 heavy (non-hydrogen) atoms. The zero-order chi connectivity index (χ0) is 14.8. The Labute approximate surface area is 129 Å². The summed E-state index contributed by atoms with van der Waals surface area (Å²) in [4.78, 5) is 12.4. The second kappa shape index (κ2) is 5.66. The van der Waals surface area contributed by atoms with Gasteiger partial charge in [0, 0.05) is 21.1 Å². The number of anilines is 1. The van der Waals surface area contributed by atoms with Crippen LogP contribution in [0.3, 0.4) is 0 Å². The number of fused-ring (bicyclic) bond motifs is 1. The van der Waals surface area contributed by atoms with E-state index in [2.05, 4.69) is 21.2 Å². The maximum Gasteiger partial charge on any atom is 0.256 e. The molecule has 3 aromatic carbocycles. The monoisotopic (exact) mass is 343 g/mol. The number of benzene rings is 3. The van der Waals surface area contributed by atoms with Gasteiger partial charge in [-0.3, -0.25) is 4.79 Å². The fourth-order valence-electron chi connectivity index (χ4n) is 2.19. The molecule has 104 valence electrons. The fraction of sp³-hybridized carbons (Fsp3) is 0. The van der Waals surface area contributed by atoms with Crippen molar-refractivity contribution in [2.45, 2.75) is 0 Å². The Bertz CT molecular complexity index is 815. The third kappa shape index (κ3) is 2.81. The topological polar surface area (TPSA) is 29.1 Å². The maximum atomic E-state index is 13.8. The van der Waals surface area contributed by atoms with E-state index in [1.807, 2.05) is 12.1 Å². The number of carbonyl (C=O) groups is 1. The molecule has 0 bridgehead atoms. The van der Waals surface area contributed by atoms with Crippen molar-refractivity contribution in [1.29, 1.82) is 0 Å². The molecule has 1 amide bonds. The van der Waals surface area contributed by atoms with Crippen molar-refractivity contribution in [3.8, 4) is 0 Å². The molecule has 3 aromatic rings. The van der Waals surface area contributed by atoms with Gasteiger partial charge in [-0.05, 0) is 41.8 Å². The van der Waals surface area contributed by atoms with E-state index in [-0.39, 0.29) is 11.7 Å². The molecule has 0 heterocycles. The predicted octanol–water partition coefficient (Wildman–Crippen LogP) is 4.99. The van der Waals surface area contributed by atoms with Crippen molar-refractivity contribution in [1.82, 2.24) is 0 Å². The highest BCUT2D eigenvalue weighted by Gasteiger charge is 2.12. The number of carbonyl (C=O) groups excluding carboxylic acids is 1. The first-order valence-electron chi connectivity index (χ1n) is 6.39. The van der Waals surface area contributed by atoms with Crippen LogP contribution in [0.2, 0.25) is 0 Å². The van der Waals surface area contributed by atoms with E-state index < -0.39 is 0 Å². The van der Waals surface area contributed by atoms with Crippen molar-refractivity contribution in [2.75, 3.05) is 5.32 Å². The van der Waals surface area contributed by atoms with E-state index in [0.717, 1.165) is 4.47 Å². The van der Waals surface area contributed by atoms with Gasteiger partial charge in [-0.25, -0.2) is 4.39 Å². The summed E-state index contributed by atoms with van der Waals surface area (Å²) < 4.78 is 14.7. The Morgan fingerprint density at radius 3 is 2.29 bits per heavy atom. The Morgan fingerprint density at radius 1 is 0.905 bits per heavy atom. The molecule has 0 aromatic heterocycles. The smallest absolute Gasteiger partial charge is 0.256 e. The van der Waals surface area contributed by atoms with Gasteiger partial charge in [0.15, 0.2) is 0 Å². The highest BCUT2D eigenvalue weighted by Crippen LogP contribution is 2.23. The minimum absolute atomic E-state index is 0.256. The third-order valence-electron chi connectivity index (χ3n) is 3.22. The molecule has 0 aliphatic heterocycles. The molecule has 0 atom stereocenters. The first kappa shape index (κ1) is 13.8. The number of amides is 1. The Balaban J connectivity index is 1.98. The van der Waals surface area contributed by atoms with Crippen molar-refractivity contribution < 1.29 is 9.18 Å². The molecule has 0 radical (unpaired) electrons. The van der Waals surface area contributed by atoms with Gasteiger partial charge in [-0.15, -0.1) is 0 Å². The summed E-state index contributed by atoms with van der Waals surface area (Å²) in [5.41, 5.74) is 1.14. The van der Waals surface area contributed by atoms with E-state index >= 15 is 0 Å². The number of rotatable bonds is 2. The van der Waals surface area contributed by atoms with Crippen LogP contribution in [0, 0.1) is 5.82 Å². The van der Waals surface area contributed by atoms with Crippen molar-refractivity contribution in [3.63, 3.8) is 0 Å². The second-order valence-corrected chi connectivity index (χ2v) is 5.52. The SMILES string of the molecule is O=C(Nc1ccc(Br)cc1)c1ccc(F)c2ccccc12. The Hall–Kier alpha value is -2.20. The molecule has 2 nitrogen and oxygen atoms in total. The van der Waals surface area contributed by atoms with Gasteiger partial charge in [0.2, 0.25) is 0 Å². The third-order valence-corrected chi connectivity index (χ3v) is 3.75. The number of hydrogen-bond acceptors (Lipinski definition) is 1. The second-order valence-electron chi connectivity index (χ2n) is 4.60. The van der Waals surface area contributed by atoms with Crippen LogP contribution in [0.15, 0.2) is 65.1 Å². The highest BCUT2D eigenvalue weighted by atomic mass is 79.9. The maximum absolute atomic E-state index is 13.8. The fourth-order valence-corrected chi connectivity index (χ4v) is 2.46. The normalized spacial score (nSPS) is 10.6. The lowest BCUT2D eigenvalue weighted by Gasteiger charge is -2.09. The molecule has 0 aliphatic carbocycles. The van der Waals surface area contributed by atoms with Gasteiger partial charge in [-0.1, -0.05) is 40.2 Å². The summed E-state index contributed by atoms with van der Waals surface area (Å²) in [5, 5.41) is 3.86. The lowest BCUT2D eigenvalue weighted by molar-refractivity contribution is 0.102. The lowest BCUT2D eigenvalue weighted by Crippen LogP contribution is -2.12. The summed E-state index contributed by atoms with van der Waals surface area (Å²) in [6, 6.07) is 17.1. The molecule has 3 rings (SSSR count). The van der Waals surface area contributed by atoms with Crippen LogP contribution in [-0.4, -0.2) is 5.91 Å². The summed E-state index contributed by atoms with van der Waals surface area (Å²) in [5.74, 6) is -0.584. The molecular weight excluding hydrogens is 333 g/mol. The van der Waals surface area contributed by atoms with Gasteiger partial charge in [0.1, 0.15) is 5.82 Å². The summed E-state index contributed by atoms with van der Waals surface area (Å²) >= 11 is 3.34. The Morgan fingerprint density at radius 2 is 1.57 bits per heavy atom. The number of halogens is 2. The van der Waals surface area contributed by atoms with E-state index in [1.165, 1.54) is 12.1 Å². The molecule has 0 saturated heterocycles. The first-order chi connectivity index (χ1) is 10.1. The van der Waals surface area contributed by atoms with Crippen LogP contribution in [0.1, 0.15) is 10.4 Å². The average molecular weight is 344 g/mol. The Kier molecular flexibility index (Phi) is 3.71. The molecular formula is C17H11BrFNO. The highest BCUT2D eigenvalue weighted by molar-refractivity contribution is 9.10. The van der Waals surface area contributed by atoms with Crippen LogP contribution in [0.25, 0.3) is 10.8 Å². The van der Waals surface area contributed by atoms with Crippen molar-refractivity contribution in [2.24, 2.45) is 0 Å². The quantitative estimate of drug-likeness (QED) is 0.697. The number of nitrogens with one attached hydrogen (secondary N) is 1. The zero-order valence-corrected chi connectivity index (χ0v) is 12.5. The van der Waals surface area contributed by atoms with E-state index in [9.17, 15) is 9.18 Å². The van der Waals surface area contributed by atoms with Crippen LogP contribution in [0.4, 0.5) is 10.1 Å². The molecule has 0 aliphatic rings. The van der Waals surface area contributed by atoms with Crippen molar-refractivity contribution >= 4 is 38.3 Å². The van der Waals surface area contributed by atoms with Gasteiger partial charge >= 0.3 is 0 Å². The van der Waals surface area contributed by atoms with Gasteiger partial charge in [0.05, 0.1) is 0 Å². The molecule has 4 heteroatoms. The molecule has 1 N–H and O–H groups in total. The summed E-state index contributed by atoms with van der Waals surface area (Å²) in [6.07, 6.45) is 0. The average Bonchev–Trinajstić information content (AvgIpc) is 2.50. The first-order valence-corrected chi connectivity index (χ1v) is 7.18. The minimum atomic E-state index is -0.328. The van der Waals surface area contributed by atoms with Crippen LogP contribution < -0.4 is 5.32 Å². The van der Waals surface area contributed by atoms with Gasteiger partial charge in [-0.2, -0.15) is 0 Å². The van der Waals surface area contributed by atoms with E-state index in [1.54, 1.807) is 36.4 Å². The minimum Gasteiger partial charge on any atom is -0.322 e. The lowest BCUT2D eigenvalue weighted by atomic mass is 10.0. The van der Waals surface area contributed by atoms with E-state index in [4.69, 9.17) is 0 Å². The zero-order valence-electron chi connectivity index (χ0n) is 10.9.